The molecular weight excluding hydrogens is 176 g/mol. The average molecular weight is 190 g/mol. The van der Waals surface area contributed by atoms with Gasteiger partial charge in [0.15, 0.2) is 0 Å². The van der Waals surface area contributed by atoms with Gasteiger partial charge < -0.3 is 5.73 Å². The van der Waals surface area contributed by atoms with Crippen LogP contribution in [0.1, 0.15) is 36.3 Å². The van der Waals surface area contributed by atoms with E-state index < -0.39 is 0 Å². The van der Waals surface area contributed by atoms with Crippen molar-refractivity contribution in [1.82, 2.24) is 4.98 Å². The molecule has 0 amide bonds. The van der Waals surface area contributed by atoms with Gasteiger partial charge in [0, 0.05) is 19.0 Å². The van der Waals surface area contributed by atoms with Crippen molar-refractivity contribution in [2.45, 2.75) is 32.1 Å². The van der Waals surface area contributed by atoms with Crippen LogP contribution in [-0.2, 0) is 4.79 Å². The van der Waals surface area contributed by atoms with Gasteiger partial charge in [-0.3, -0.25) is 4.79 Å². The zero-order chi connectivity index (χ0) is 10.1. The van der Waals surface area contributed by atoms with Gasteiger partial charge in [-0.05, 0) is 30.4 Å². The van der Waals surface area contributed by atoms with Crippen molar-refractivity contribution in [1.29, 1.82) is 0 Å². The van der Waals surface area contributed by atoms with Gasteiger partial charge in [0.1, 0.15) is 11.6 Å². The molecule has 2 rings (SSSR count). The molecule has 2 N–H and O–H groups in total. The van der Waals surface area contributed by atoms with Crippen LogP contribution in [0.3, 0.4) is 0 Å². The summed E-state index contributed by atoms with van der Waals surface area (Å²) in [5.41, 5.74) is 7.95. The average Bonchev–Trinajstić information content (AvgIpc) is 2.56. The third-order valence-corrected chi connectivity index (χ3v) is 2.77. The predicted molar refractivity (Wildman–Crippen MR) is 55.0 cm³/mol. The van der Waals surface area contributed by atoms with Gasteiger partial charge >= 0.3 is 0 Å². The van der Waals surface area contributed by atoms with Gasteiger partial charge in [-0.15, -0.1) is 0 Å². The number of nitrogen functional groups attached to an aromatic ring is 1. The topological polar surface area (TPSA) is 56.0 Å². The highest BCUT2D eigenvalue weighted by Gasteiger charge is 2.25. The Labute approximate surface area is 83.3 Å². The summed E-state index contributed by atoms with van der Waals surface area (Å²) in [6.07, 6.45) is 4.01. The van der Waals surface area contributed by atoms with E-state index in [-0.39, 0.29) is 0 Å². The van der Waals surface area contributed by atoms with Crippen molar-refractivity contribution in [3.05, 3.63) is 23.4 Å². The number of Topliss-reactive ketones (excluding diaryl/α,β-unsaturated/α-hetero) is 1. The van der Waals surface area contributed by atoms with Crippen LogP contribution in [0.2, 0.25) is 0 Å². The minimum absolute atomic E-state index is 0.301. The quantitative estimate of drug-likeness (QED) is 0.734. The van der Waals surface area contributed by atoms with Gasteiger partial charge in [0.25, 0.3) is 0 Å². The number of nitrogens with zero attached hydrogens (tertiary/aromatic N) is 1. The molecule has 0 spiro atoms. The number of carbonyl (C=O) groups excluding carboxylic acids is 1. The molecule has 1 fully saturated rings. The van der Waals surface area contributed by atoms with Crippen LogP contribution in [0, 0.1) is 6.92 Å². The van der Waals surface area contributed by atoms with Crippen molar-refractivity contribution < 1.29 is 4.79 Å². The Morgan fingerprint density at radius 2 is 2.36 bits per heavy atom. The van der Waals surface area contributed by atoms with Crippen molar-refractivity contribution in [3.63, 3.8) is 0 Å². The maximum atomic E-state index is 11.2. The first-order valence-electron chi connectivity index (χ1n) is 4.90. The Morgan fingerprint density at radius 1 is 1.57 bits per heavy atom. The van der Waals surface area contributed by atoms with Crippen molar-refractivity contribution in [2.75, 3.05) is 5.73 Å². The molecule has 1 atom stereocenters. The molecule has 3 heteroatoms. The Hall–Kier alpha value is -1.38. The summed E-state index contributed by atoms with van der Waals surface area (Å²) in [7, 11) is 0. The number of aromatic nitrogens is 1. The lowest BCUT2D eigenvalue weighted by molar-refractivity contribution is -0.117. The monoisotopic (exact) mass is 190 g/mol. The maximum Gasteiger partial charge on any atom is 0.133 e. The van der Waals surface area contributed by atoms with Gasteiger partial charge in [0.2, 0.25) is 0 Å². The summed E-state index contributed by atoms with van der Waals surface area (Å²) in [6.45, 7) is 1.99. The molecule has 1 aliphatic rings. The van der Waals surface area contributed by atoms with E-state index in [0.717, 1.165) is 17.5 Å². The number of rotatable bonds is 1. The molecule has 1 aromatic heterocycles. The van der Waals surface area contributed by atoms with Gasteiger partial charge in [-0.25, -0.2) is 4.98 Å². The first-order valence-corrected chi connectivity index (χ1v) is 4.90. The van der Waals surface area contributed by atoms with Crippen LogP contribution in [0.4, 0.5) is 5.82 Å². The molecule has 0 bridgehead atoms. The molecule has 3 nitrogen and oxygen atoms in total. The van der Waals surface area contributed by atoms with Crippen molar-refractivity contribution in [3.8, 4) is 0 Å². The third kappa shape index (κ3) is 1.62. The van der Waals surface area contributed by atoms with Crippen LogP contribution >= 0.6 is 0 Å². The highest BCUT2D eigenvalue weighted by molar-refractivity contribution is 5.82. The van der Waals surface area contributed by atoms with Crippen LogP contribution < -0.4 is 5.73 Å². The molecular formula is C11H14N2O. The number of pyridine rings is 1. The zero-order valence-electron chi connectivity index (χ0n) is 8.29. The van der Waals surface area contributed by atoms with E-state index in [1.807, 2.05) is 13.0 Å². The Bertz CT molecular complexity index is 374. The number of ketones is 1. The van der Waals surface area contributed by atoms with E-state index >= 15 is 0 Å². The lowest BCUT2D eigenvalue weighted by Gasteiger charge is -2.11. The van der Waals surface area contributed by atoms with Gasteiger partial charge in [-0.1, -0.05) is 6.07 Å². The Balaban J connectivity index is 2.31. The molecule has 0 radical (unpaired) electrons. The van der Waals surface area contributed by atoms with Crippen LogP contribution in [0.25, 0.3) is 0 Å². The molecule has 0 aliphatic heterocycles. The molecule has 1 heterocycles. The molecule has 0 aromatic carbocycles. The highest BCUT2D eigenvalue weighted by atomic mass is 16.1. The maximum absolute atomic E-state index is 11.2. The Morgan fingerprint density at radius 3 is 3.00 bits per heavy atom. The fourth-order valence-electron chi connectivity index (χ4n) is 2.01. The summed E-state index contributed by atoms with van der Waals surface area (Å²) in [5.74, 6) is 1.22. The summed E-state index contributed by atoms with van der Waals surface area (Å²) in [5, 5.41) is 0. The molecule has 1 unspecified atom stereocenters. The predicted octanol–water partition coefficient (Wildman–Crippen LogP) is 1.81. The second kappa shape index (κ2) is 3.40. The number of aryl methyl sites for hydroxylation is 1. The van der Waals surface area contributed by atoms with E-state index in [0.29, 0.717) is 30.4 Å². The lowest BCUT2D eigenvalue weighted by atomic mass is 9.97. The Kier molecular flexibility index (Phi) is 2.23. The molecule has 1 aromatic rings. The molecule has 14 heavy (non-hydrogen) atoms. The SMILES string of the molecule is Cc1cnc(N)c(C2CCC(=O)C2)c1. The number of hydrogen-bond acceptors (Lipinski definition) is 3. The number of anilines is 1. The standard InChI is InChI=1S/C11H14N2O/c1-7-4-10(11(12)13-6-7)8-2-3-9(14)5-8/h4,6,8H,2-3,5H2,1H3,(H2,12,13). The summed E-state index contributed by atoms with van der Waals surface area (Å²) < 4.78 is 0. The second-order valence-corrected chi connectivity index (χ2v) is 3.97. The minimum Gasteiger partial charge on any atom is -0.383 e. The number of carbonyl (C=O) groups is 1. The van der Waals surface area contributed by atoms with Crippen molar-refractivity contribution >= 4 is 11.6 Å². The normalized spacial score (nSPS) is 21.5. The van der Waals surface area contributed by atoms with E-state index in [1.165, 1.54) is 0 Å². The zero-order valence-corrected chi connectivity index (χ0v) is 8.29. The van der Waals surface area contributed by atoms with E-state index in [2.05, 4.69) is 4.98 Å². The van der Waals surface area contributed by atoms with E-state index in [4.69, 9.17) is 5.73 Å². The third-order valence-electron chi connectivity index (χ3n) is 2.77. The number of hydrogen-bond donors (Lipinski definition) is 1. The van der Waals surface area contributed by atoms with E-state index in [1.54, 1.807) is 6.20 Å². The largest absolute Gasteiger partial charge is 0.383 e. The van der Waals surface area contributed by atoms with E-state index in [9.17, 15) is 4.79 Å². The summed E-state index contributed by atoms with van der Waals surface area (Å²) in [4.78, 5) is 15.3. The molecule has 1 saturated carbocycles. The van der Waals surface area contributed by atoms with Crippen LogP contribution in [-0.4, -0.2) is 10.8 Å². The second-order valence-electron chi connectivity index (χ2n) is 3.97. The smallest absolute Gasteiger partial charge is 0.133 e. The first-order chi connectivity index (χ1) is 6.66. The summed E-state index contributed by atoms with van der Waals surface area (Å²) >= 11 is 0. The molecule has 1 aliphatic carbocycles. The van der Waals surface area contributed by atoms with Crippen LogP contribution in [0.5, 0.6) is 0 Å². The molecule has 0 saturated heterocycles. The van der Waals surface area contributed by atoms with Gasteiger partial charge in [0.05, 0.1) is 0 Å². The lowest BCUT2D eigenvalue weighted by Crippen LogP contribution is -2.02. The molecule has 74 valence electrons. The van der Waals surface area contributed by atoms with Gasteiger partial charge in [-0.2, -0.15) is 0 Å². The van der Waals surface area contributed by atoms with Crippen molar-refractivity contribution in [2.24, 2.45) is 0 Å². The highest BCUT2D eigenvalue weighted by Crippen LogP contribution is 2.34. The fourth-order valence-corrected chi connectivity index (χ4v) is 2.01. The minimum atomic E-state index is 0.301. The van der Waals surface area contributed by atoms with Crippen LogP contribution in [0.15, 0.2) is 12.3 Å². The summed E-state index contributed by atoms with van der Waals surface area (Å²) in [6, 6.07) is 2.05. The number of nitrogens with two attached hydrogens (primary N) is 1. The fraction of sp³-hybridized carbons (Fsp3) is 0.455. The first kappa shape index (κ1) is 9.19.